The second-order valence-electron chi connectivity index (χ2n) is 6.67. The number of amides is 1. The SMILES string of the molecule is COCCCNS(=O)(=O)c1ccc(NC(=O)c2ccc(-c3ccccc3)cc2)cc1. The highest BCUT2D eigenvalue weighted by molar-refractivity contribution is 7.89. The van der Waals surface area contributed by atoms with E-state index in [-0.39, 0.29) is 10.8 Å². The highest BCUT2D eigenvalue weighted by atomic mass is 32.2. The van der Waals surface area contributed by atoms with Gasteiger partial charge >= 0.3 is 0 Å². The molecule has 3 aromatic carbocycles. The smallest absolute Gasteiger partial charge is 0.255 e. The molecule has 0 atom stereocenters. The van der Waals surface area contributed by atoms with E-state index in [1.165, 1.54) is 12.1 Å². The maximum Gasteiger partial charge on any atom is 0.255 e. The van der Waals surface area contributed by atoms with E-state index in [0.29, 0.717) is 30.8 Å². The van der Waals surface area contributed by atoms with Crippen molar-refractivity contribution >= 4 is 21.6 Å². The fraction of sp³-hybridized carbons (Fsp3) is 0.174. The quantitative estimate of drug-likeness (QED) is 0.510. The van der Waals surface area contributed by atoms with E-state index in [4.69, 9.17) is 4.74 Å². The molecule has 0 aliphatic heterocycles. The third-order valence-corrected chi connectivity index (χ3v) is 5.97. The second kappa shape index (κ2) is 10.2. The van der Waals surface area contributed by atoms with Crippen molar-refractivity contribution in [3.8, 4) is 11.1 Å². The molecule has 0 saturated heterocycles. The molecule has 0 fully saturated rings. The Balaban J connectivity index is 1.62. The highest BCUT2D eigenvalue weighted by Gasteiger charge is 2.13. The number of carbonyl (C=O) groups is 1. The first-order chi connectivity index (χ1) is 14.5. The zero-order valence-electron chi connectivity index (χ0n) is 16.7. The molecule has 3 rings (SSSR count). The van der Waals surface area contributed by atoms with E-state index in [0.717, 1.165) is 11.1 Å². The summed E-state index contributed by atoms with van der Waals surface area (Å²) in [6, 6.07) is 23.3. The topological polar surface area (TPSA) is 84.5 Å². The molecule has 0 aromatic heterocycles. The summed E-state index contributed by atoms with van der Waals surface area (Å²) in [5.41, 5.74) is 3.15. The molecule has 0 aliphatic carbocycles. The Morgan fingerprint density at radius 3 is 2.13 bits per heavy atom. The zero-order chi connectivity index (χ0) is 21.4. The number of nitrogens with one attached hydrogen (secondary N) is 2. The van der Waals surface area contributed by atoms with Crippen molar-refractivity contribution in [2.24, 2.45) is 0 Å². The van der Waals surface area contributed by atoms with Crippen molar-refractivity contribution < 1.29 is 17.9 Å². The molecular formula is C23H24N2O4S. The van der Waals surface area contributed by atoms with Gasteiger partial charge in [-0.05, 0) is 53.9 Å². The molecule has 7 heteroatoms. The van der Waals surface area contributed by atoms with Gasteiger partial charge in [-0.25, -0.2) is 13.1 Å². The molecule has 6 nitrogen and oxygen atoms in total. The molecular weight excluding hydrogens is 400 g/mol. The number of anilines is 1. The van der Waals surface area contributed by atoms with Crippen LogP contribution in [0.2, 0.25) is 0 Å². The molecule has 156 valence electrons. The molecule has 0 bridgehead atoms. The maximum absolute atomic E-state index is 12.5. The summed E-state index contributed by atoms with van der Waals surface area (Å²) in [5.74, 6) is -0.261. The van der Waals surface area contributed by atoms with Gasteiger partial charge in [0.2, 0.25) is 10.0 Å². The number of carbonyl (C=O) groups excluding carboxylic acids is 1. The van der Waals surface area contributed by atoms with Crippen LogP contribution in [-0.2, 0) is 14.8 Å². The predicted octanol–water partition coefficient (Wildman–Crippen LogP) is 3.92. The summed E-state index contributed by atoms with van der Waals surface area (Å²) in [5, 5.41) is 2.79. The fourth-order valence-corrected chi connectivity index (χ4v) is 3.95. The Morgan fingerprint density at radius 2 is 1.50 bits per heavy atom. The summed E-state index contributed by atoms with van der Waals surface area (Å²) in [4.78, 5) is 12.6. The van der Waals surface area contributed by atoms with Crippen molar-refractivity contribution in [3.05, 3.63) is 84.4 Å². The van der Waals surface area contributed by atoms with E-state index < -0.39 is 10.0 Å². The van der Waals surface area contributed by atoms with Crippen LogP contribution in [0.15, 0.2) is 83.8 Å². The summed E-state index contributed by atoms with van der Waals surface area (Å²) in [6.45, 7) is 0.785. The summed E-state index contributed by atoms with van der Waals surface area (Å²) in [7, 11) is -2.02. The Kier molecular flexibility index (Phi) is 7.35. The first-order valence-electron chi connectivity index (χ1n) is 9.55. The van der Waals surface area contributed by atoms with Gasteiger partial charge < -0.3 is 10.1 Å². The molecule has 30 heavy (non-hydrogen) atoms. The van der Waals surface area contributed by atoms with Crippen molar-refractivity contribution in [3.63, 3.8) is 0 Å². The number of ether oxygens (including phenoxy) is 1. The van der Waals surface area contributed by atoms with Gasteiger partial charge in [0, 0.05) is 31.5 Å². The van der Waals surface area contributed by atoms with Crippen LogP contribution in [0, 0.1) is 0 Å². The lowest BCUT2D eigenvalue weighted by Gasteiger charge is -2.09. The number of sulfonamides is 1. The first kappa shape index (κ1) is 21.7. The minimum absolute atomic E-state index is 0.144. The highest BCUT2D eigenvalue weighted by Crippen LogP contribution is 2.20. The standard InChI is InChI=1S/C23H24N2O4S/c1-29-17-5-16-24-30(27,28)22-14-12-21(13-15-22)25-23(26)20-10-8-19(9-11-20)18-6-3-2-4-7-18/h2-4,6-15,24H,5,16-17H2,1H3,(H,25,26). The Hall–Kier alpha value is -3.00. The fourth-order valence-electron chi connectivity index (χ4n) is 2.87. The number of hydrogen-bond donors (Lipinski definition) is 2. The average Bonchev–Trinajstić information content (AvgIpc) is 2.78. The lowest BCUT2D eigenvalue weighted by atomic mass is 10.0. The summed E-state index contributed by atoms with van der Waals surface area (Å²) < 4.78 is 31.9. The lowest BCUT2D eigenvalue weighted by molar-refractivity contribution is 0.102. The number of benzene rings is 3. The number of hydrogen-bond acceptors (Lipinski definition) is 4. The van der Waals surface area contributed by atoms with E-state index in [1.807, 2.05) is 42.5 Å². The molecule has 0 saturated carbocycles. The van der Waals surface area contributed by atoms with Gasteiger partial charge in [-0.3, -0.25) is 4.79 Å². The van der Waals surface area contributed by atoms with Crippen molar-refractivity contribution in [1.82, 2.24) is 4.72 Å². The average molecular weight is 425 g/mol. The van der Waals surface area contributed by atoms with Gasteiger partial charge in [-0.2, -0.15) is 0 Å². The van der Waals surface area contributed by atoms with Crippen molar-refractivity contribution in [2.45, 2.75) is 11.3 Å². The normalized spacial score (nSPS) is 11.2. The van der Waals surface area contributed by atoms with E-state index in [2.05, 4.69) is 10.0 Å². The van der Waals surface area contributed by atoms with Gasteiger partial charge in [0.15, 0.2) is 0 Å². The van der Waals surface area contributed by atoms with Crippen LogP contribution in [0.3, 0.4) is 0 Å². The molecule has 0 heterocycles. The second-order valence-corrected chi connectivity index (χ2v) is 8.43. The van der Waals surface area contributed by atoms with Crippen molar-refractivity contribution in [1.29, 1.82) is 0 Å². The summed E-state index contributed by atoms with van der Waals surface area (Å²) in [6.07, 6.45) is 0.590. The van der Waals surface area contributed by atoms with E-state index in [1.54, 1.807) is 31.4 Å². The minimum atomic E-state index is -3.59. The Bertz CT molecular complexity index is 1060. The third kappa shape index (κ3) is 5.76. The van der Waals surface area contributed by atoms with Crippen LogP contribution >= 0.6 is 0 Å². The molecule has 0 unspecified atom stereocenters. The zero-order valence-corrected chi connectivity index (χ0v) is 17.5. The third-order valence-electron chi connectivity index (χ3n) is 4.49. The lowest BCUT2D eigenvalue weighted by Crippen LogP contribution is -2.25. The van der Waals surface area contributed by atoms with Gasteiger partial charge in [0.05, 0.1) is 4.90 Å². The first-order valence-corrected chi connectivity index (χ1v) is 11.0. The number of methoxy groups -OCH3 is 1. The van der Waals surface area contributed by atoms with Gasteiger partial charge in [-0.15, -0.1) is 0 Å². The van der Waals surface area contributed by atoms with Crippen LogP contribution in [0.1, 0.15) is 16.8 Å². The van der Waals surface area contributed by atoms with Crippen LogP contribution in [-0.4, -0.2) is 34.6 Å². The molecule has 3 aromatic rings. The van der Waals surface area contributed by atoms with Crippen LogP contribution in [0.25, 0.3) is 11.1 Å². The largest absolute Gasteiger partial charge is 0.385 e. The Labute approximate surface area is 177 Å². The van der Waals surface area contributed by atoms with E-state index >= 15 is 0 Å². The maximum atomic E-state index is 12.5. The van der Waals surface area contributed by atoms with Gasteiger partial charge in [0.25, 0.3) is 5.91 Å². The van der Waals surface area contributed by atoms with Crippen molar-refractivity contribution in [2.75, 3.05) is 25.6 Å². The summed E-state index contributed by atoms with van der Waals surface area (Å²) >= 11 is 0. The van der Waals surface area contributed by atoms with Gasteiger partial charge in [0.1, 0.15) is 0 Å². The van der Waals surface area contributed by atoms with Crippen LogP contribution < -0.4 is 10.0 Å². The molecule has 0 aliphatic rings. The minimum Gasteiger partial charge on any atom is -0.385 e. The monoisotopic (exact) mass is 424 g/mol. The van der Waals surface area contributed by atoms with Gasteiger partial charge in [-0.1, -0.05) is 42.5 Å². The van der Waals surface area contributed by atoms with Crippen LogP contribution in [0.5, 0.6) is 0 Å². The number of rotatable bonds is 9. The molecule has 2 N–H and O–H groups in total. The van der Waals surface area contributed by atoms with Crippen LogP contribution in [0.4, 0.5) is 5.69 Å². The molecule has 0 spiro atoms. The predicted molar refractivity (Wildman–Crippen MR) is 118 cm³/mol. The molecule has 0 radical (unpaired) electrons. The Morgan fingerprint density at radius 1 is 0.867 bits per heavy atom. The molecule has 1 amide bonds. The van der Waals surface area contributed by atoms with E-state index in [9.17, 15) is 13.2 Å².